The molecule has 0 fully saturated rings. The number of hydrogen-bond donors (Lipinski definition) is 1. The van der Waals surface area contributed by atoms with Crippen LogP contribution in [0.25, 0.3) is 0 Å². The Kier molecular flexibility index (Phi) is 6.22. The molecule has 0 amide bonds. The SMILES string of the molecule is COc1ccc(CNS(=O)(=O)c2cc(Cl)c(Cl)cc2Cl)cc1OC. The van der Waals surface area contributed by atoms with Gasteiger partial charge in [0.25, 0.3) is 0 Å². The van der Waals surface area contributed by atoms with Crippen LogP contribution in [0.4, 0.5) is 0 Å². The third kappa shape index (κ3) is 4.26. The molecule has 2 aromatic rings. The predicted octanol–water partition coefficient (Wildman–Crippen LogP) is 4.14. The van der Waals surface area contributed by atoms with Gasteiger partial charge in [0, 0.05) is 6.54 Å². The normalized spacial score (nSPS) is 11.4. The average molecular weight is 411 g/mol. The van der Waals surface area contributed by atoms with Crippen molar-refractivity contribution in [1.29, 1.82) is 0 Å². The van der Waals surface area contributed by atoms with Crippen molar-refractivity contribution >= 4 is 44.8 Å². The Morgan fingerprint density at radius 1 is 0.917 bits per heavy atom. The molecule has 0 aliphatic heterocycles. The summed E-state index contributed by atoms with van der Waals surface area (Å²) < 4.78 is 37.6. The van der Waals surface area contributed by atoms with Gasteiger partial charge in [-0.2, -0.15) is 0 Å². The Labute approximate surface area is 155 Å². The third-order valence-electron chi connectivity index (χ3n) is 3.18. The third-order valence-corrected chi connectivity index (χ3v) is 5.77. The van der Waals surface area contributed by atoms with Crippen LogP contribution in [0.5, 0.6) is 11.5 Å². The van der Waals surface area contributed by atoms with Gasteiger partial charge in [-0.15, -0.1) is 0 Å². The second-order valence-corrected chi connectivity index (χ2v) is 7.67. The van der Waals surface area contributed by atoms with Gasteiger partial charge >= 0.3 is 0 Å². The van der Waals surface area contributed by atoms with Gasteiger partial charge in [-0.1, -0.05) is 40.9 Å². The fraction of sp³-hybridized carbons (Fsp3) is 0.200. The lowest BCUT2D eigenvalue weighted by Gasteiger charge is -2.12. The van der Waals surface area contributed by atoms with Crippen LogP contribution in [-0.2, 0) is 16.6 Å². The number of benzene rings is 2. The van der Waals surface area contributed by atoms with Crippen LogP contribution in [0.3, 0.4) is 0 Å². The quantitative estimate of drug-likeness (QED) is 0.727. The summed E-state index contributed by atoms with van der Waals surface area (Å²) in [5.41, 5.74) is 0.687. The first kappa shape index (κ1) is 19.1. The van der Waals surface area contributed by atoms with Crippen molar-refractivity contribution in [2.45, 2.75) is 11.4 Å². The highest BCUT2D eigenvalue weighted by atomic mass is 35.5. The van der Waals surface area contributed by atoms with Crippen molar-refractivity contribution in [3.05, 3.63) is 51.0 Å². The van der Waals surface area contributed by atoms with E-state index in [1.807, 2.05) is 0 Å². The van der Waals surface area contributed by atoms with Gasteiger partial charge in [0.2, 0.25) is 10.0 Å². The Morgan fingerprint density at radius 2 is 1.54 bits per heavy atom. The van der Waals surface area contributed by atoms with Crippen LogP contribution in [0.2, 0.25) is 15.1 Å². The molecular weight excluding hydrogens is 397 g/mol. The molecule has 130 valence electrons. The zero-order chi connectivity index (χ0) is 17.9. The summed E-state index contributed by atoms with van der Waals surface area (Å²) in [5, 5.41) is 0.275. The lowest BCUT2D eigenvalue weighted by molar-refractivity contribution is 0.354. The first-order valence-corrected chi connectivity index (χ1v) is 9.25. The summed E-state index contributed by atoms with van der Waals surface area (Å²) in [7, 11) is -0.839. The second-order valence-electron chi connectivity index (χ2n) is 4.71. The van der Waals surface area contributed by atoms with Crippen molar-refractivity contribution in [2.75, 3.05) is 14.2 Å². The summed E-state index contributed by atoms with van der Waals surface area (Å²) in [6.45, 7) is 0.0409. The van der Waals surface area contributed by atoms with E-state index < -0.39 is 10.0 Å². The Bertz CT molecular complexity index is 856. The van der Waals surface area contributed by atoms with Gasteiger partial charge in [0.15, 0.2) is 11.5 Å². The maximum atomic E-state index is 12.4. The molecule has 0 aliphatic rings. The van der Waals surface area contributed by atoms with Crippen molar-refractivity contribution in [3.63, 3.8) is 0 Å². The molecule has 0 saturated heterocycles. The fourth-order valence-corrected chi connectivity index (χ4v) is 3.97. The molecule has 2 rings (SSSR count). The minimum atomic E-state index is -3.86. The van der Waals surface area contributed by atoms with Crippen LogP contribution in [0.1, 0.15) is 5.56 Å². The topological polar surface area (TPSA) is 64.6 Å². The molecule has 2 aromatic carbocycles. The molecule has 0 aliphatic carbocycles. The standard InChI is InChI=1S/C15H14Cl3NO4S/c1-22-13-4-3-9(5-14(13)23-2)8-19-24(20,21)15-7-11(17)10(16)6-12(15)18/h3-7,19H,8H2,1-2H3. The summed E-state index contributed by atoms with van der Waals surface area (Å²) in [6.07, 6.45) is 0. The highest BCUT2D eigenvalue weighted by Crippen LogP contribution is 2.32. The van der Waals surface area contributed by atoms with Crippen molar-refractivity contribution < 1.29 is 17.9 Å². The highest BCUT2D eigenvalue weighted by molar-refractivity contribution is 7.89. The molecule has 0 aromatic heterocycles. The van der Waals surface area contributed by atoms with Gasteiger partial charge < -0.3 is 9.47 Å². The zero-order valence-corrected chi connectivity index (χ0v) is 15.9. The number of sulfonamides is 1. The number of methoxy groups -OCH3 is 2. The van der Waals surface area contributed by atoms with Crippen LogP contribution in [0, 0.1) is 0 Å². The average Bonchev–Trinajstić information content (AvgIpc) is 2.55. The van der Waals surface area contributed by atoms with Gasteiger partial charge in [0.1, 0.15) is 4.90 Å². The van der Waals surface area contributed by atoms with E-state index in [4.69, 9.17) is 44.3 Å². The van der Waals surface area contributed by atoms with E-state index in [1.54, 1.807) is 18.2 Å². The summed E-state index contributed by atoms with van der Waals surface area (Å²) in [4.78, 5) is -0.140. The van der Waals surface area contributed by atoms with E-state index in [1.165, 1.54) is 26.4 Å². The fourth-order valence-electron chi connectivity index (χ4n) is 1.96. The largest absolute Gasteiger partial charge is 0.493 e. The molecule has 0 bridgehead atoms. The van der Waals surface area contributed by atoms with Crippen LogP contribution < -0.4 is 14.2 Å². The number of rotatable bonds is 6. The second kappa shape index (κ2) is 7.80. The molecular formula is C15H14Cl3NO4S. The van der Waals surface area contributed by atoms with Gasteiger partial charge in [-0.3, -0.25) is 0 Å². The molecule has 0 spiro atoms. The maximum Gasteiger partial charge on any atom is 0.242 e. The summed E-state index contributed by atoms with van der Waals surface area (Å²) >= 11 is 17.6. The van der Waals surface area contributed by atoms with Crippen molar-refractivity contribution in [2.24, 2.45) is 0 Å². The Balaban J connectivity index is 2.23. The van der Waals surface area contributed by atoms with Gasteiger partial charge in [-0.25, -0.2) is 13.1 Å². The van der Waals surface area contributed by atoms with Crippen molar-refractivity contribution in [3.8, 4) is 11.5 Å². The van der Waals surface area contributed by atoms with E-state index in [-0.39, 0.29) is 26.5 Å². The number of halogens is 3. The first-order chi connectivity index (χ1) is 11.3. The van der Waals surface area contributed by atoms with E-state index >= 15 is 0 Å². The number of nitrogens with one attached hydrogen (secondary N) is 1. The molecule has 5 nitrogen and oxygen atoms in total. The Morgan fingerprint density at radius 3 is 2.17 bits per heavy atom. The molecule has 0 unspecified atom stereocenters. The van der Waals surface area contributed by atoms with Crippen molar-refractivity contribution in [1.82, 2.24) is 4.72 Å². The van der Waals surface area contributed by atoms with Crippen LogP contribution in [-0.4, -0.2) is 22.6 Å². The van der Waals surface area contributed by atoms with E-state index in [0.29, 0.717) is 17.1 Å². The van der Waals surface area contributed by atoms with Gasteiger partial charge in [0.05, 0.1) is 29.3 Å². The number of ether oxygens (including phenoxy) is 2. The first-order valence-electron chi connectivity index (χ1n) is 6.63. The summed E-state index contributed by atoms with van der Waals surface area (Å²) in [6, 6.07) is 7.59. The van der Waals surface area contributed by atoms with E-state index in [9.17, 15) is 8.42 Å². The molecule has 24 heavy (non-hydrogen) atoms. The van der Waals surface area contributed by atoms with E-state index in [2.05, 4.69) is 4.72 Å². The predicted molar refractivity (Wildman–Crippen MR) is 95.0 cm³/mol. The van der Waals surface area contributed by atoms with Gasteiger partial charge in [-0.05, 0) is 29.8 Å². The molecule has 0 saturated carbocycles. The number of hydrogen-bond acceptors (Lipinski definition) is 4. The highest BCUT2D eigenvalue weighted by Gasteiger charge is 2.20. The molecule has 0 radical (unpaired) electrons. The molecule has 9 heteroatoms. The maximum absolute atomic E-state index is 12.4. The lowest BCUT2D eigenvalue weighted by atomic mass is 10.2. The smallest absolute Gasteiger partial charge is 0.242 e. The molecule has 0 heterocycles. The minimum absolute atomic E-state index is 0.00999. The zero-order valence-electron chi connectivity index (χ0n) is 12.8. The van der Waals surface area contributed by atoms with Crippen LogP contribution >= 0.6 is 34.8 Å². The summed E-state index contributed by atoms with van der Waals surface area (Å²) in [5.74, 6) is 1.05. The monoisotopic (exact) mass is 409 g/mol. The minimum Gasteiger partial charge on any atom is -0.493 e. The Hall–Kier alpha value is -1.18. The molecule has 0 atom stereocenters. The van der Waals surface area contributed by atoms with E-state index in [0.717, 1.165) is 0 Å². The lowest BCUT2D eigenvalue weighted by Crippen LogP contribution is -2.23. The van der Waals surface area contributed by atoms with Crippen LogP contribution in [0.15, 0.2) is 35.2 Å². The molecule has 1 N–H and O–H groups in total.